The van der Waals surface area contributed by atoms with Crippen molar-refractivity contribution in [2.75, 3.05) is 0 Å². The summed E-state index contributed by atoms with van der Waals surface area (Å²) >= 11 is 0. The summed E-state index contributed by atoms with van der Waals surface area (Å²) in [6.07, 6.45) is 6.35. The zero-order valence-corrected chi connectivity index (χ0v) is 13.1. The van der Waals surface area contributed by atoms with Crippen LogP contribution >= 0.6 is 0 Å². The van der Waals surface area contributed by atoms with E-state index in [4.69, 9.17) is 4.74 Å². The molecule has 0 heterocycles. The fraction of sp³-hybridized carbons (Fsp3) is 0.941. The molecule has 3 rings (SSSR count). The number of esters is 1. The Morgan fingerprint density at radius 3 is 2.42 bits per heavy atom. The Morgan fingerprint density at radius 1 is 1.11 bits per heavy atom. The first kappa shape index (κ1) is 13.5. The van der Waals surface area contributed by atoms with Gasteiger partial charge < -0.3 is 4.74 Å². The molecule has 0 radical (unpaired) electrons. The van der Waals surface area contributed by atoms with Crippen molar-refractivity contribution < 1.29 is 9.53 Å². The van der Waals surface area contributed by atoms with Crippen LogP contribution in [0.15, 0.2) is 0 Å². The van der Waals surface area contributed by atoms with E-state index in [-0.39, 0.29) is 11.6 Å². The van der Waals surface area contributed by atoms with Crippen LogP contribution in [0.5, 0.6) is 0 Å². The van der Waals surface area contributed by atoms with Crippen molar-refractivity contribution in [3.8, 4) is 0 Å². The molecule has 0 amide bonds. The van der Waals surface area contributed by atoms with Crippen molar-refractivity contribution in [2.24, 2.45) is 28.6 Å². The number of carbonyl (C=O) groups excluding carboxylic acids is 1. The van der Waals surface area contributed by atoms with Crippen molar-refractivity contribution in [2.45, 2.75) is 72.3 Å². The Balaban J connectivity index is 1.99. The van der Waals surface area contributed by atoms with Gasteiger partial charge in [0, 0.05) is 12.8 Å². The van der Waals surface area contributed by atoms with Gasteiger partial charge in [0.25, 0.3) is 0 Å². The first-order valence-corrected chi connectivity index (χ1v) is 7.92. The third kappa shape index (κ3) is 1.58. The van der Waals surface area contributed by atoms with Crippen LogP contribution in [0.25, 0.3) is 0 Å². The smallest absolute Gasteiger partial charge is 0.303 e. The van der Waals surface area contributed by atoms with E-state index in [0.717, 1.165) is 18.3 Å². The lowest BCUT2D eigenvalue weighted by atomic mass is 9.64. The van der Waals surface area contributed by atoms with Gasteiger partial charge in [0.2, 0.25) is 0 Å². The second-order valence-corrected chi connectivity index (χ2v) is 8.25. The molecule has 0 unspecified atom stereocenters. The van der Waals surface area contributed by atoms with E-state index in [1.807, 2.05) is 0 Å². The summed E-state index contributed by atoms with van der Waals surface area (Å²) in [6.45, 7) is 11.0. The van der Waals surface area contributed by atoms with Crippen LogP contribution < -0.4 is 0 Å². The molecular formula is C17H28O2. The van der Waals surface area contributed by atoms with Crippen molar-refractivity contribution in [1.29, 1.82) is 0 Å². The van der Waals surface area contributed by atoms with Crippen LogP contribution in [0.4, 0.5) is 0 Å². The number of fused-ring (bicyclic) bond motifs is 1. The average molecular weight is 264 g/mol. The Kier molecular flexibility index (Phi) is 2.67. The minimum atomic E-state index is -0.232. The number of ether oxygens (including phenoxy) is 1. The fourth-order valence-electron chi connectivity index (χ4n) is 6.31. The van der Waals surface area contributed by atoms with Gasteiger partial charge in [-0.15, -0.1) is 0 Å². The quantitative estimate of drug-likeness (QED) is 0.664. The van der Waals surface area contributed by atoms with Gasteiger partial charge in [0.15, 0.2) is 0 Å². The van der Waals surface area contributed by atoms with Crippen LogP contribution in [0.2, 0.25) is 0 Å². The summed E-state index contributed by atoms with van der Waals surface area (Å²) in [5, 5.41) is 0. The van der Waals surface area contributed by atoms with E-state index >= 15 is 0 Å². The average Bonchev–Trinajstić information content (AvgIpc) is 2.69. The topological polar surface area (TPSA) is 26.3 Å². The van der Waals surface area contributed by atoms with E-state index in [1.165, 1.54) is 25.7 Å². The zero-order chi connectivity index (χ0) is 14.1. The molecule has 0 N–H and O–H groups in total. The predicted molar refractivity (Wildman–Crippen MR) is 75.6 cm³/mol. The molecule has 108 valence electrons. The van der Waals surface area contributed by atoms with Gasteiger partial charge in [-0.2, -0.15) is 0 Å². The molecule has 3 saturated carbocycles. The van der Waals surface area contributed by atoms with Gasteiger partial charge in [-0.3, -0.25) is 4.79 Å². The first-order chi connectivity index (χ1) is 8.72. The van der Waals surface area contributed by atoms with Crippen LogP contribution in [-0.2, 0) is 9.53 Å². The third-order valence-corrected chi connectivity index (χ3v) is 7.15. The van der Waals surface area contributed by atoms with Crippen molar-refractivity contribution in [1.82, 2.24) is 0 Å². The fourth-order valence-corrected chi connectivity index (χ4v) is 6.31. The van der Waals surface area contributed by atoms with E-state index in [2.05, 4.69) is 27.7 Å². The van der Waals surface area contributed by atoms with Gasteiger partial charge in [0.05, 0.1) is 0 Å². The highest BCUT2D eigenvalue weighted by molar-refractivity contribution is 5.66. The second kappa shape index (κ2) is 3.77. The Labute approximate surface area is 117 Å². The van der Waals surface area contributed by atoms with Crippen molar-refractivity contribution in [3.05, 3.63) is 0 Å². The van der Waals surface area contributed by atoms with Crippen LogP contribution in [0, 0.1) is 28.6 Å². The van der Waals surface area contributed by atoms with Crippen LogP contribution in [-0.4, -0.2) is 11.6 Å². The monoisotopic (exact) mass is 264 g/mol. The molecule has 0 aromatic heterocycles. The third-order valence-electron chi connectivity index (χ3n) is 7.15. The Hall–Kier alpha value is -0.530. The lowest BCUT2D eigenvalue weighted by Gasteiger charge is -2.46. The molecule has 1 spiro atoms. The largest absolute Gasteiger partial charge is 0.459 e. The summed E-state index contributed by atoms with van der Waals surface area (Å²) in [6, 6.07) is 0. The van der Waals surface area contributed by atoms with E-state index in [1.54, 1.807) is 6.92 Å². The van der Waals surface area contributed by atoms with Crippen molar-refractivity contribution in [3.63, 3.8) is 0 Å². The van der Waals surface area contributed by atoms with Crippen LogP contribution in [0.1, 0.15) is 66.7 Å². The minimum Gasteiger partial charge on any atom is -0.459 e. The molecule has 2 heteroatoms. The van der Waals surface area contributed by atoms with Gasteiger partial charge in [-0.25, -0.2) is 0 Å². The first-order valence-electron chi connectivity index (χ1n) is 7.92. The molecule has 0 aromatic carbocycles. The number of carbonyl (C=O) groups is 1. The molecule has 3 aliphatic carbocycles. The number of hydrogen-bond donors (Lipinski definition) is 0. The molecular weight excluding hydrogens is 236 g/mol. The highest BCUT2D eigenvalue weighted by Gasteiger charge is 2.68. The summed E-state index contributed by atoms with van der Waals surface area (Å²) < 4.78 is 5.80. The lowest BCUT2D eigenvalue weighted by molar-refractivity contribution is -0.171. The highest BCUT2D eigenvalue weighted by atomic mass is 16.6. The molecule has 0 aromatic rings. The summed E-state index contributed by atoms with van der Waals surface area (Å²) in [5.74, 6) is 2.10. The summed E-state index contributed by atoms with van der Waals surface area (Å²) in [5.41, 5.74) is 0.629. The molecule has 3 aliphatic rings. The maximum atomic E-state index is 11.5. The molecule has 2 nitrogen and oxygen atoms in total. The van der Waals surface area contributed by atoms with Crippen molar-refractivity contribution >= 4 is 5.97 Å². The van der Waals surface area contributed by atoms with Gasteiger partial charge in [-0.1, -0.05) is 20.8 Å². The maximum absolute atomic E-state index is 11.5. The molecule has 0 aliphatic heterocycles. The van der Waals surface area contributed by atoms with Gasteiger partial charge in [-0.05, 0) is 61.7 Å². The van der Waals surface area contributed by atoms with E-state index in [9.17, 15) is 4.79 Å². The van der Waals surface area contributed by atoms with E-state index in [0.29, 0.717) is 16.7 Å². The van der Waals surface area contributed by atoms with Gasteiger partial charge in [0.1, 0.15) is 5.60 Å². The number of rotatable bonds is 1. The normalized spacial score (nSPS) is 50.9. The Bertz CT molecular complexity index is 413. The molecule has 2 bridgehead atoms. The Morgan fingerprint density at radius 2 is 1.79 bits per heavy atom. The number of hydrogen-bond acceptors (Lipinski definition) is 2. The standard InChI is InChI=1S/C17H28O2/c1-11-6-7-13-15(3,4)14-10-17(11,13)9-8-16(14,5)19-12(2)18/h11,13-14H,6-10H2,1-5H3/t11-,13+,14-,16-,17+/m1/s1. The zero-order valence-electron chi connectivity index (χ0n) is 13.1. The van der Waals surface area contributed by atoms with E-state index < -0.39 is 0 Å². The predicted octanol–water partition coefficient (Wildman–Crippen LogP) is 4.18. The van der Waals surface area contributed by atoms with Gasteiger partial charge >= 0.3 is 5.97 Å². The molecule has 0 saturated heterocycles. The maximum Gasteiger partial charge on any atom is 0.303 e. The molecule has 3 fully saturated rings. The van der Waals surface area contributed by atoms with Crippen LogP contribution in [0.3, 0.4) is 0 Å². The summed E-state index contributed by atoms with van der Waals surface area (Å²) in [7, 11) is 0. The second-order valence-electron chi connectivity index (χ2n) is 8.25. The molecule has 19 heavy (non-hydrogen) atoms. The summed E-state index contributed by atoms with van der Waals surface area (Å²) in [4.78, 5) is 11.5. The molecule has 5 atom stereocenters. The minimum absolute atomic E-state index is 0.112. The SMILES string of the molecule is CC(=O)O[C@]1(C)CC[C@@]23C[C@@H]1C(C)(C)[C@@H]2CC[C@H]3C. The highest BCUT2D eigenvalue weighted by Crippen LogP contribution is 2.73. The lowest BCUT2D eigenvalue weighted by Crippen LogP contribution is -2.47.